The Balaban J connectivity index is 1.80. The molecule has 1 saturated heterocycles. The number of aliphatic imine (C=N–C) groups is 1. The summed E-state index contributed by atoms with van der Waals surface area (Å²) in [6, 6.07) is 10.8. The first-order valence-corrected chi connectivity index (χ1v) is 11.7. The predicted molar refractivity (Wildman–Crippen MR) is 122 cm³/mol. The lowest BCUT2D eigenvalue weighted by atomic mass is 9.95. The molecule has 0 spiro atoms. The number of hydrogen-bond acceptors (Lipinski definition) is 6. The molecule has 0 amide bonds. The molecule has 5 nitrogen and oxygen atoms in total. The molecule has 2 aromatic rings. The van der Waals surface area contributed by atoms with E-state index >= 15 is 0 Å². The zero-order chi connectivity index (χ0) is 20.5. The maximum Gasteiger partial charge on any atom is 0.175 e. The Labute approximate surface area is 185 Å². The molecular formula is C22H26BrN3O2S. The fraction of sp³-hybridized carbons (Fsp3) is 0.455. The van der Waals surface area contributed by atoms with E-state index in [0.717, 1.165) is 44.6 Å². The minimum atomic E-state index is -0.0403. The van der Waals surface area contributed by atoms with Crippen molar-refractivity contribution in [3.8, 4) is 11.5 Å². The summed E-state index contributed by atoms with van der Waals surface area (Å²) in [5.41, 5.74) is 2.15. The molecule has 1 fully saturated rings. The second-order valence-corrected chi connectivity index (χ2v) is 9.38. The number of pyridine rings is 1. The number of hydrogen-bond donors (Lipinski definition) is 0. The number of rotatable bonds is 6. The molecule has 0 aliphatic carbocycles. The molecule has 1 aromatic heterocycles. The zero-order valence-electron chi connectivity index (χ0n) is 17.1. The van der Waals surface area contributed by atoms with Gasteiger partial charge in [-0.05, 0) is 66.0 Å². The van der Waals surface area contributed by atoms with E-state index in [9.17, 15) is 0 Å². The van der Waals surface area contributed by atoms with Crippen molar-refractivity contribution in [3.05, 3.63) is 52.3 Å². The molecule has 0 unspecified atom stereocenters. The molecule has 3 atom stereocenters. The number of aromatic nitrogens is 1. The highest BCUT2D eigenvalue weighted by atomic mass is 79.9. The number of nitrogens with zero attached hydrogens (tertiary/aromatic N) is 3. The topological polar surface area (TPSA) is 47.0 Å². The van der Waals surface area contributed by atoms with Gasteiger partial charge in [-0.1, -0.05) is 24.8 Å². The van der Waals surface area contributed by atoms with Crippen LogP contribution in [0.15, 0.2) is 46.0 Å². The Morgan fingerprint density at radius 3 is 2.79 bits per heavy atom. The van der Waals surface area contributed by atoms with Gasteiger partial charge in [-0.25, -0.2) is 0 Å². The van der Waals surface area contributed by atoms with Crippen molar-refractivity contribution in [2.45, 2.75) is 51.4 Å². The Morgan fingerprint density at radius 2 is 2.14 bits per heavy atom. The van der Waals surface area contributed by atoms with Crippen molar-refractivity contribution in [2.24, 2.45) is 4.99 Å². The lowest BCUT2D eigenvalue weighted by Gasteiger charge is -2.32. The average Bonchev–Trinajstić information content (AvgIpc) is 3.28. The van der Waals surface area contributed by atoms with Crippen LogP contribution in [0.3, 0.4) is 0 Å². The van der Waals surface area contributed by atoms with E-state index in [4.69, 9.17) is 14.5 Å². The molecule has 7 heteroatoms. The quantitative estimate of drug-likeness (QED) is 0.542. The molecule has 154 valence electrons. The summed E-state index contributed by atoms with van der Waals surface area (Å²) in [6.45, 7) is 6.28. The number of methoxy groups -OCH3 is 1. The molecule has 3 heterocycles. The van der Waals surface area contributed by atoms with Gasteiger partial charge in [-0.15, -0.1) is 0 Å². The van der Waals surface area contributed by atoms with Gasteiger partial charge in [0.2, 0.25) is 0 Å². The van der Waals surface area contributed by atoms with Crippen LogP contribution in [0.25, 0.3) is 0 Å². The van der Waals surface area contributed by atoms with Crippen LogP contribution in [0.2, 0.25) is 0 Å². The maximum absolute atomic E-state index is 5.99. The van der Waals surface area contributed by atoms with Crippen LogP contribution in [-0.4, -0.2) is 40.1 Å². The molecule has 0 bridgehead atoms. The SMILES string of the molecule is CC[C@@H]1CSC2=N[C@@H](c3ccccn3)[C@@H](c3cc(Br)c(OC(C)C)c(OC)c3)N21. The lowest BCUT2D eigenvalue weighted by molar-refractivity contribution is 0.226. The van der Waals surface area contributed by atoms with Crippen molar-refractivity contribution in [3.63, 3.8) is 0 Å². The van der Waals surface area contributed by atoms with E-state index in [2.05, 4.69) is 50.9 Å². The predicted octanol–water partition coefficient (Wildman–Crippen LogP) is 5.62. The summed E-state index contributed by atoms with van der Waals surface area (Å²) in [6.07, 6.45) is 2.99. The molecule has 0 N–H and O–H groups in total. The van der Waals surface area contributed by atoms with Crippen LogP contribution in [0, 0.1) is 0 Å². The van der Waals surface area contributed by atoms with Crippen molar-refractivity contribution >= 4 is 32.9 Å². The van der Waals surface area contributed by atoms with Crippen LogP contribution in [0.4, 0.5) is 0 Å². The first-order chi connectivity index (χ1) is 14.0. The van der Waals surface area contributed by atoms with E-state index < -0.39 is 0 Å². The summed E-state index contributed by atoms with van der Waals surface area (Å²) in [7, 11) is 1.69. The molecule has 0 radical (unpaired) electrons. The van der Waals surface area contributed by atoms with Crippen molar-refractivity contribution in [1.29, 1.82) is 0 Å². The van der Waals surface area contributed by atoms with Crippen molar-refractivity contribution in [1.82, 2.24) is 9.88 Å². The Hall–Kier alpha value is -1.73. The molecule has 29 heavy (non-hydrogen) atoms. The number of fused-ring (bicyclic) bond motifs is 1. The van der Waals surface area contributed by atoms with Crippen molar-refractivity contribution < 1.29 is 9.47 Å². The average molecular weight is 476 g/mol. The highest BCUT2D eigenvalue weighted by Gasteiger charge is 2.45. The smallest absolute Gasteiger partial charge is 0.175 e. The molecule has 0 saturated carbocycles. The number of thioether (sulfide) groups is 1. The van der Waals surface area contributed by atoms with Crippen LogP contribution in [0.5, 0.6) is 11.5 Å². The number of ether oxygens (including phenoxy) is 2. The monoisotopic (exact) mass is 475 g/mol. The molecular weight excluding hydrogens is 450 g/mol. The Kier molecular flexibility index (Phi) is 6.06. The van der Waals surface area contributed by atoms with Gasteiger partial charge in [0.1, 0.15) is 6.04 Å². The first kappa shape index (κ1) is 20.5. The summed E-state index contributed by atoms with van der Waals surface area (Å²) < 4.78 is 12.6. The second kappa shape index (κ2) is 8.56. The minimum Gasteiger partial charge on any atom is -0.493 e. The van der Waals surface area contributed by atoms with E-state index in [0.29, 0.717) is 6.04 Å². The van der Waals surface area contributed by atoms with Gasteiger partial charge in [-0.2, -0.15) is 0 Å². The van der Waals surface area contributed by atoms with Gasteiger partial charge >= 0.3 is 0 Å². The fourth-order valence-corrected chi connectivity index (χ4v) is 5.86. The highest BCUT2D eigenvalue weighted by Crippen LogP contribution is 2.50. The normalized spacial score (nSPS) is 23.3. The highest BCUT2D eigenvalue weighted by molar-refractivity contribution is 9.10. The summed E-state index contributed by atoms with van der Waals surface area (Å²) in [5.74, 6) is 2.55. The fourth-order valence-electron chi connectivity index (χ4n) is 3.97. The summed E-state index contributed by atoms with van der Waals surface area (Å²) in [4.78, 5) is 12.2. The maximum atomic E-state index is 5.99. The van der Waals surface area contributed by atoms with Gasteiger partial charge in [-0.3, -0.25) is 9.98 Å². The number of amidine groups is 1. The van der Waals surface area contributed by atoms with Gasteiger partial charge < -0.3 is 14.4 Å². The number of halogens is 1. The van der Waals surface area contributed by atoms with Gasteiger partial charge in [0.25, 0.3) is 0 Å². The lowest BCUT2D eigenvalue weighted by Crippen LogP contribution is -2.35. The van der Waals surface area contributed by atoms with Crippen LogP contribution < -0.4 is 9.47 Å². The van der Waals surface area contributed by atoms with Crippen molar-refractivity contribution in [2.75, 3.05) is 12.9 Å². The third-order valence-corrected chi connectivity index (χ3v) is 6.99. The van der Waals surface area contributed by atoms with E-state index in [1.165, 1.54) is 0 Å². The first-order valence-electron chi connectivity index (χ1n) is 9.97. The summed E-state index contributed by atoms with van der Waals surface area (Å²) in [5, 5.41) is 1.12. The van der Waals surface area contributed by atoms with E-state index in [-0.39, 0.29) is 18.2 Å². The largest absolute Gasteiger partial charge is 0.493 e. The Morgan fingerprint density at radius 1 is 1.31 bits per heavy atom. The zero-order valence-corrected chi connectivity index (χ0v) is 19.5. The number of benzene rings is 1. The standard InChI is InChI=1S/C22H26BrN3O2S/c1-5-15-12-29-22-25-19(17-8-6-7-9-24-17)20(26(15)22)14-10-16(23)21(28-13(2)3)18(11-14)27-4/h6-11,13,15,19-20H,5,12H2,1-4H3/t15-,19+,20-/m1/s1. The van der Waals surface area contributed by atoms with E-state index in [1.54, 1.807) is 7.11 Å². The van der Waals surface area contributed by atoms with Gasteiger partial charge in [0.05, 0.1) is 29.4 Å². The molecule has 4 rings (SSSR count). The van der Waals surface area contributed by atoms with Crippen LogP contribution in [-0.2, 0) is 0 Å². The van der Waals surface area contributed by atoms with Gasteiger partial charge in [0, 0.05) is 18.0 Å². The third kappa shape index (κ3) is 3.87. The molecule has 1 aromatic carbocycles. The minimum absolute atomic E-state index is 0.0403. The molecule has 2 aliphatic heterocycles. The van der Waals surface area contributed by atoms with Gasteiger partial charge in [0.15, 0.2) is 16.7 Å². The third-order valence-electron chi connectivity index (χ3n) is 5.28. The van der Waals surface area contributed by atoms with E-state index in [1.807, 2.05) is 43.9 Å². The molecule has 2 aliphatic rings. The summed E-state index contributed by atoms with van der Waals surface area (Å²) >= 11 is 5.56. The van der Waals surface area contributed by atoms with Crippen LogP contribution >= 0.6 is 27.7 Å². The van der Waals surface area contributed by atoms with Crippen LogP contribution in [0.1, 0.15) is 50.5 Å². The Bertz CT molecular complexity index is 906. The second-order valence-electron chi connectivity index (χ2n) is 7.54.